The minimum absolute atomic E-state index is 0.216. The Kier molecular flexibility index (Phi) is 5.02. The van der Waals surface area contributed by atoms with Gasteiger partial charge < -0.3 is 9.30 Å². The summed E-state index contributed by atoms with van der Waals surface area (Å²) in [5.41, 5.74) is 0.674. The number of carbonyl (C=O) groups excluding carboxylic acids is 1. The second-order valence-electron chi connectivity index (χ2n) is 6.21. The van der Waals surface area contributed by atoms with E-state index in [1.165, 1.54) is 13.2 Å². The van der Waals surface area contributed by atoms with Crippen LogP contribution in [0, 0.1) is 11.6 Å². The molecule has 0 atom stereocenters. The van der Waals surface area contributed by atoms with Crippen LogP contribution < -0.4 is 4.80 Å². The fraction of sp³-hybridized carbons (Fsp3) is 0.143. The maximum Gasteiger partial charge on any atom is 0.280 e. The van der Waals surface area contributed by atoms with Crippen molar-refractivity contribution in [2.24, 2.45) is 4.99 Å². The van der Waals surface area contributed by atoms with Crippen molar-refractivity contribution in [2.75, 3.05) is 13.7 Å². The van der Waals surface area contributed by atoms with E-state index in [-0.39, 0.29) is 5.52 Å². The van der Waals surface area contributed by atoms with E-state index in [9.17, 15) is 13.6 Å². The number of amides is 1. The number of nitrogens with zero attached hydrogens (tertiary/aromatic N) is 2. The smallest absolute Gasteiger partial charge is 0.280 e. The zero-order valence-electron chi connectivity index (χ0n) is 15.0. The summed E-state index contributed by atoms with van der Waals surface area (Å²) in [5, 5.41) is 1.72. The highest BCUT2D eigenvalue weighted by Gasteiger charge is 2.15. The molecule has 0 unspecified atom stereocenters. The van der Waals surface area contributed by atoms with Crippen LogP contribution in [-0.4, -0.2) is 24.2 Å². The number of aromatic nitrogens is 1. The summed E-state index contributed by atoms with van der Waals surface area (Å²) in [5.74, 6) is -1.80. The van der Waals surface area contributed by atoms with Gasteiger partial charge in [0.1, 0.15) is 5.82 Å². The predicted molar refractivity (Wildman–Crippen MR) is 105 cm³/mol. The molecule has 0 radical (unpaired) electrons. The Morgan fingerprint density at radius 3 is 2.75 bits per heavy atom. The molecule has 142 valence electrons. The van der Waals surface area contributed by atoms with Crippen LogP contribution in [0.15, 0.2) is 59.6 Å². The maximum atomic E-state index is 14.4. The quantitative estimate of drug-likeness (QED) is 0.507. The third-order valence-electron chi connectivity index (χ3n) is 4.43. The number of hydrogen-bond acceptors (Lipinski definition) is 3. The highest BCUT2D eigenvalue weighted by Crippen LogP contribution is 2.23. The van der Waals surface area contributed by atoms with Crippen molar-refractivity contribution in [3.63, 3.8) is 0 Å². The number of rotatable bonds is 4. The molecule has 0 aliphatic carbocycles. The second-order valence-corrected chi connectivity index (χ2v) is 7.22. The Balaban J connectivity index is 1.91. The first-order valence-corrected chi connectivity index (χ1v) is 9.44. The number of fused-ring (bicyclic) bond motifs is 2. The van der Waals surface area contributed by atoms with Gasteiger partial charge in [0.05, 0.1) is 16.8 Å². The number of ether oxygens (including phenoxy) is 1. The number of thiazole rings is 1. The molecular weight excluding hydrogens is 382 g/mol. The average molecular weight is 398 g/mol. The fourth-order valence-corrected chi connectivity index (χ4v) is 4.26. The van der Waals surface area contributed by atoms with Gasteiger partial charge in [-0.05, 0) is 22.9 Å². The van der Waals surface area contributed by atoms with Crippen molar-refractivity contribution in [3.05, 3.63) is 76.6 Å². The summed E-state index contributed by atoms with van der Waals surface area (Å²) in [6.07, 6.45) is 0. The lowest BCUT2D eigenvalue weighted by Gasteiger charge is -2.05. The third kappa shape index (κ3) is 3.34. The number of benzene rings is 3. The van der Waals surface area contributed by atoms with E-state index in [0.717, 1.165) is 28.2 Å². The molecule has 0 saturated heterocycles. The SMILES string of the molecule is COCCn1c(=NC(=O)c2cccc3ccccc23)sc2cc(F)cc(F)c21. The minimum atomic E-state index is -0.693. The number of hydrogen-bond donors (Lipinski definition) is 0. The summed E-state index contributed by atoms with van der Waals surface area (Å²) in [6, 6.07) is 15.0. The monoisotopic (exact) mass is 398 g/mol. The molecule has 0 saturated carbocycles. The molecule has 0 bridgehead atoms. The standard InChI is InChI=1S/C21H16F2N2O2S/c1-27-10-9-25-19-17(23)11-14(22)12-18(19)28-21(25)24-20(26)16-8-4-6-13-5-2-3-7-15(13)16/h2-8,11-12H,9-10H2,1H3. The van der Waals surface area contributed by atoms with Crippen LogP contribution in [0.2, 0.25) is 0 Å². The first-order chi connectivity index (χ1) is 13.6. The van der Waals surface area contributed by atoms with Gasteiger partial charge in [0.25, 0.3) is 5.91 Å². The largest absolute Gasteiger partial charge is 0.383 e. The van der Waals surface area contributed by atoms with Crippen molar-refractivity contribution < 1.29 is 18.3 Å². The summed E-state index contributed by atoms with van der Waals surface area (Å²) in [4.78, 5) is 17.4. The molecule has 1 heterocycles. The maximum absolute atomic E-state index is 14.4. The first kappa shape index (κ1) is 18.5. The highest BCUT2D eigenvalue weighted by atomic mass is 32.1. The summed E-state index contributed by atoms with van der Waals surface area (Å²) in [6.45, 7) is 0.596. The first-order valence-electron chi connectivity index (χ1n) is 8.62. The number of carbonyl (C=O) groups is 1. The van der Waals surface area contributed by atoms with Crippen LogP contribution in [0.1, 0.15) is 10.4 Å². The van der Waals surface area contributed by atoms with E-state index in [0.29, 0.717) is 28.2 Å². The van der Waals surface area contributed by atoms with Gasteiger partial charge in [-0.3, -0.25) is 4.79 Å². The molecular formula is C21H16F2N2O2S. The Morgan fingerprint density at radius 2 is 1.93 bits per heavy atom. The van der Waals surface area contributed by atoms with Gasteiger partial charge in [-0.1, -0.05) is 47.7 Å². The molecule has 0 aliphatic rings. The van der Waals surface area contributed by atoms with Crippen LogP contribution in [0.25, 0.3) is 21.0 Å². The van der Waals surface area contributed by atoms with Crippen molar-refractivity contribution in [1.82, 2.24) is 4.57 Å². The van der Waals surface area contributed by atoms with Gasteiger partial charge in [-0.25, -0.2) is 8.78 Å². The van der Waals surface area contributed by atoms with Gasteiger partial charge in [0.15, 0.2) is 10.6 Å². The predicted octanol–water partition coefficient (Wildman–Crippen LogP) is 4.52. The van der Waals surface area contributed by atoms with Gasteiger partial charge in [0.2, 0.25) is 0 Å². The topological polar surface area (TPSA) is 43.6 Å². The molecule has 3 aromatic carbocycles. The summed E-state index contributed by atoms with van der Waals surface area (Å²) in [7, 11) is 1.53. The van der Waals surface area contributed by atoms with Crippen LogP contribution in [0.4, 0.5) is 8.78 Å². The van der Waals surface area contributed by atoms with Gasteiger partial charge in [-0.15, -0.1) is 0 Å². The van der Waals surface area contributed by atoms with Gasteiger partial charge in [0, 0.05) is 25.3 Å². The third-order valence-corrected chi connectivity index (χ3v) is 5.46. The molecule has 4 nitrogen and oxygen atoms in total. The summed E-state index contributed by atoms with van der Waals surface area (Å²) >= 11 is 1.07. The van der Waals surface area contributed by atoms with Crippen molar-refractivity contribution in [1.29, 1.82) is 0 Å². The lowest BCUT2D eigenvalue weighted by Crippen LogP contribution is -2.20. The zero-order valence-corrected chi connectivity index (χ0v) is 15.8. The Bertz CT molecular complexity index is 1260. The molecule has 4 aromatic rings. The van der Waals surface area contributed by atoms with Crippen molar-refractivity contribution in [3.8, 4) is 0 Å². The van der Waals surface area contributed by atoms with Crippen LogP contribution in [-0.2, 0) is 11.3 Å². The van der Waals surface area contributed by atoms with E-state index in [2.05, 4.69) is 4.99 Å². The molecule has 0 N–H and O–H groups in total. The summed E-state index contributed by atoms with van der Waals surface area (Å²) < 4.78 is 35.1. The zero-order chi connectivity index (χ0) is 19.7. The highest BCUT2D eigenvalue weighted by molar-refractivity contribution is 7.16. The molecule has 28 heavy (non-hydrogen) atoms. The van der Waals surface area contributed by atoms with Gasteiger partial charge >= 0.3 is 0 Å². The van der Waals surface area contributed by atoms with E-state index < -0.39 is 17.5 Å². The molecule has 1 aromatic heterocycles. The average Bonchev–Trinajstić information content (AvgIpc) is 3.02. The Morgan fingerprint density at radius 1 is 1.14 bits per heavy atom. The van der Waals surface area contributed by atoms with E-state index in [4.69, 9.17) is 4.74 Å². The minimum Gasteiger partial charge on any atom is -0.383 e. The molecule has 0 aliphatic heterocycles. The molecule has 7 heteroatoms. The Hall–Kier alpha value is -2.90. The van der Waals surface area contributed by atoms with E-state index in [1.54, 1.807) is 16.7 Å². The Labute approximate surface area is 163 Å². The van der Waals surface area contributed by atoms with Gasteiger partial charge in [-0.2, -0.15) is 4.99 Å². The van der Waals surface area contributed by atoms with Crippen LogP contribution in [0.5, 0.6) is 0 Å². The van der Waals surface area contributed by atoms with E-state index >= 15 is 0 Å². The number of methoxy groups -OCH3 is 1. The molecule has 0 spiro atoms. The molecule has 4 rings (SSSR count). The van der Waals surface area contributed by atoms with Crippen molar-refractivity contribution in [2.45, 2.75) is 6.54 Å². The second kappa shape index (κ2) is 7.61. The lowest BCUT2D eigenvalue weighted by atomic mass is 10.0. The van der Waals surface area contributed by atoms with Crippen LogP contribution in [0.3, 0.4) is 0 Å². The lowest BCUT2D eigenvalue weighted by molar-refractivity contribution is 0.0999. The van der Waals surface area contributed by atoms with Crippen molar-refractivity contribution >= 4 is 38.2 Å². The normalized spacial score (nSPS) is 12.2. The molecule has 0 fully saturated rings. The van der Waals surface area contributed by atoms with Crippen LogP contribution >= 0.6 is 11.3 Å². The fourth-order valence-electron chi connectivity index (χ4n) is 3.16. The number of halogens is 2. The molecule has 1 amide bonds. The van der Waals surface area contributed by atoms with E-state index in [1.807, 2.05) is 30.3 Å².